The summed E-state index contributed by atoms with van der Waals surface area (Å²) in [6, 6.07) is 0. The zero-order valence-corrected chi connectivity index (χ0v) is 8.59. The Morgan fingerprint density at radius 3 is 2.50 bits per heavy atom. The van der Waals surface area contributed by atoms with Gasteiger partial charge in [0.1, 0.15) is 6.61 Å². The predicted molar refractivity (Wildman–Crippen MR) is 44.0 cm³/mol. The first-order valence-corrected chi connectivity index (χ1v) is 5.83. The highest BCUT2D eigenvalue weighted by Crippen LogP contribution is 2.35. The molecule has 0 aliphatic carbocycles. The molecule has 7 heteroatoms. The second-order valence-electron chi connectivity index (χ2n) is 2.08. The fraction of sp³-hybridized carbons (Fsp3) is 1.00. The molecular weight excluding hydrogens is 202 g/mol. The van der Waals surface area contributed by atoms with Gasteiger partial charge in [-0.15, -0.1) is 9.42 Å². The Balaban J connectivity index is 3.26. The molecule has 0 spiro atoms. The van der Waals surface area contributed by atoms with Crippen molar-refractivity contribution in [2.24, 2.45) is 0 Å². The van der Waals surface area contributed by atoms with Crippen LogP contribution in [0, 0.1) is 0 Å². The number of rotatable bonds is 7. The lowest BCUT2D eigenvalue weighted by atomic mass is 10.3. The molecule has 0 rings (SSSR count). The van der Waals surface area contributed by atoms with Crippen LogP contribution in [0.3, 0.4) is 0 Å². The van der Waals surface area contributed by atoms with Crippen molar-refractivity contribution in [1.29, 1.82) is 0 Å². The maximum atomic E-state index is 10.6. The smallest absolute Gasteiger partial charge is 0.131 e. The van der Waals surface area contributed by atoms with Gasteiger partial charge in [0, 0.05) is 9.13 Å². The Labute approximate surface area is 73.0 Å². The van der Waals surface area contributed by atoms with Gasteiger partial charge in [0.15, 0.2) is 4.31 Å². The van der Waals surface area contributed by atoms with E-state index in [1.165, 1.54) is 0 Å². The molecule has 5 nitrogen and oxygen atoms in total. The fourth-order valence-corrected chi connectivity index (χ4v) is 1.49. The van der Waals surface area contributed by atoms with Crippen molar-refractivity contribution in [3.05, 3.63) is 0 Å². The quantitative estimate of drug-likeness (QED) is 0.520. The molecule has 0 aliphatic heterocycles. The lowest BCUT2D eigenvalue weighted by molar-refractivity contribution is 0.273. The van der Waals surface area contributed by atoms with Gasteiger partial charge in [-0.25, -0.2) is 0 Å². The minimum absolute atomic E-state index is 0.298. The van der Waals surface area contributed by atoms with Gasteiger partial charge in [-0.1, -0.05) is 19.8 Å². The van der Waals surface area contributed by atoms with Gasteiger partial charge in [0.25, 0.3) is 0 Å². The molecule has 0 amide bonds. The Kier molecular flexibility index (Phi) is 7.77. The Morgan fingerprint density at radius 1 is 1.33 bits per heavy atom. The zero-order chi connectivity index (χ0) is 9.40. The summed E-state index contributed by atoms with van der Waals surface area (Å²) >= 11 is 0. The van der Waals surface area contributed by atoms with Crippen LogP contribution in [0.5, 0.6) is 0 Å². The van der Waals surface area contributed by atoms with Crippen LogP contribution in [0.4, 0.5) is 0 Å². The van der Waals surface area contributed by atoms with Crippen LogP contribution in [0.1, 0.15) is 26.2 Å². The maximum absolute atomic E-state index is 10.6. The Bertz CT molecular complexity index is 160. The standard InChI is InChI=1S/C5H11O5P2/c1-2-3-4-5-9-12(8)10-11(6)7/h2-5H2,1H3/q+1/p+1. The molecule has 0 aromatic rings. The van der Waals surface area contributed by atoms with Crippen molar-refractivity contribution in [1.82, 2.24) is 0 Å². The highest BCUT2D eigenvalue weighted by molar-refractivity contribution is 7.47. The van der Waals surface area contributed by atoms with Gasteiger partial charge in [-0.05, 0) is 6.42 Å². The summed E-state index contributed by atoms with van der Waals surface area (Å²) in [5, 5.41) is 0. The van der Waals surface area contributed by atoms with Gasteiger partial charge in [-0.2, -0.15) is 0 Å². The summed E-state index contributed by atoms with van der Waals surface area (Å²) in [6.07, 6.45) is 2.80. The van der Waals surface area contributed by atoms with E-state index >= 15 is 0 Å². The van der Waals surface area contributed by atoms with Gasteiger partial charge in [-0.3, -0.25) is 0 Å². The van der Waals surface area contributed by atoms with Crippen LogP contribution in [0.2, 0.25) is 0 Å². The van der Waals surface area contributed by atoms with Crippen molar-refractivity contribution >= 4 is 16.5 Å². The minimum atomic E-state index is -2.82. The molecule has 0 aromatic heterocycles. The van der Waals surface area contributed by atoms with E-state index in [9.17, 15) is 9.13 Å². The van der Waals surface area contributed by atoms with Gasteiger partial charge in [0.05, 0.1) is 0 Å². The van der Waals surface area contributed by atoms with Crippen LogP contribution in [-0.4, -0.2) is 11.5 Å². The van der Waals surface area contributed by atoms with E-state index in [2.05, 4.69) is 8.83 Å². The van der Waals surface area contributed by atoms with Crippen LogP contribution in [0.25, 0.3) is 0 Å². The molecule has 0 bridgehead atoms. The molecule has 1 N–H and O–H groups in total. The summed E-state index contributed by atoms with van der Waals surface area (Å²) in [5.41, 5.74) is 0. The van der Waals surface area contributed by atoms with E-state index < -0.39 is 16.5 Å². The van der Waals surface area contributed by atoms with Gasteiger partial charge in [0.2, 0.25) is 0 Å². The first-order chi connectivity index (χ1) is 5.66. The normalized spacial score (nSPS) is 12.8. The third-order valence-electron chi connectivity index (χ3n) is 1.08. The first kappa shape index (κ1) is 12.1. The largest absolute Gasteiger partial charge is 0.747 e. The third-order valence-corrected chi connectivity index (χ3v) is 2.57. The summed E-state index contributed by atoms with van der Waals surface area (Å²) in [4.78, 5) is 8.15. The predicted octanol–water partition coefficient (Wildman–Crippen LogP) is 2.52. The molecule has 0 aliphatic rings. The number of unbranched alkanes of at least 4 members (excludes halogenated alkanes) is 2. The van der Waals surface area contributed by atoms with Crippen LogP contribution in [-0.2, 0) is 18.0 Å². The molecule has 2 unspecified atom stereocenters. The molecule has 2 atom stereocenters. The number of hydrogen-bond donors (Lipinski definition) is 1. The monoisotopic (exact) mass is 214 g/mol. The van der Waals surface area contributed by atoms with Crippen LogP contribution in [0.15, 0.2) is 0 Å². The molecule has 0 heterocycles. The van der Waals surface area contributed by atoms with Crippen molar-refractivity contribution < 1.29 is 22.9 Å². The molecule has 0 aromatic carbocycles. The van der Waals surface area contributed by atoms with Gasteiger partial charge < -0.3 is 0 Å². The summed E-state index contributed by atoms with van der Waals surface area (Å²) in [7, 11) is -5.24. The average Bonchev–Trinajstić information content (AvgIpc) is 1.97. The highest BCUT2D eigenvalue weighted by Gasteiger charge is 2.36. The first-order valence-electron chi connectivity index (χ1n) is 3.61. The van der Waals surface area contributed by atoms with E-state index in [1.807, 2.05) is 6.92 Å². The lowest BCUT2D eigenvalue weighted by Gasteiger charge is -1.88. The maximum Gasteiger partial charge on any atom is 0.747 e. The Hall–Kier alpha value is 0.0800. The molecule has 70 valence electrons. The zero-order valence-electron chi connectivity index (χ0n) is 6.80. The average molecular weight is 214 g/mol. The summed E-state index contributed by atoms with van der Waals surface area (Å²) < 4.78 is 29.1. The molecule has 0 saturated heterocycles. The SMILES string of the molecule is CCCCCO[P+](=O)O[P+](=O)O. The van der Waals surface area contributed by atoms with E-state index in [1.54, 1.807) is 0 Å². The second-order valence-corrected chi connectivity index (χ2v) is 3.92. The van der Waals surface area contributed by atoms with Crippen LogP contribution < -0.4 is 0 Å². The van der Waals surface area contributed by atoms with Crippen LogP contribution >= 0.6 is 16.5 Å². The summed E-state index contributed by atoms with van der Waals surface area (Å²) in [6.45, 7) is 2.33. The molecule has 0 radical (unpaired) electrons. The second kappa shape index (κ2) is 7.71. The van der Waals surface area contributed by atoms with Gasteiger partial charge >= 0.3 is 16.5 Å². The van der Waals surface area contributed by atoms with E-state index in [0.29, 0.717) is 6.61 Å². The van der Waals surface area contributed by atoms with Crippen molar-refractivity contribution in [2.45, 2.75) is 26.2 Å². The minimum Gasteiger partial charge on any atom is -0.131 e. The molecule has 12 heavy (non-hydrogen) atoms. The van der Waals surface area contributed by atoms with E-state index in [4.69, 9.17) is 4.89 Å². The van der Waals surface area contributed by atoms with E-state index in [-0.39, 0.29) is 0 Å². The van der Waals surface area contributed by atoms with Crippen molar-refractivity contribution in [2.75, 3.05) is 6.61 Å². The summed E-state index contributed by atoms with van der Waals surface area (Å²) in [5.74, 6) is 0. The fourth-order valence-electron chi connectivity index (χ4n) is 0.572. The van der Waals surface area contributed by atoms with Crippen molar-refractivity contribution in [3.63, 3.8) is 0 Å². The molecule has 0 saturated carbocycles. The van der Waals surface area contributed by atoms with E-state index in [0.717, 1.165) is 19.3 Å². The highest BCUT2D eigenvalue weighted by atomic mass is 31.2. The molecule has 0 fully saturated rings. The topological polar surface area (TPSA) is 72.8 Å². The third kappa shape index (κ3) is 8.18. The lowest BCUT2D eigenvalue weighted by Crippen LogP contribution is -1.86. The van der Waals surface area contributed by atoms with Crippen molar-refractivity contribution in [3.8, 4) is 0 Å². The Morgan fingerprint density at radius 2 is 2.00 bits per heavy atom. The number of hydrogen-bond acceptors (Lipinski definition) is 4. The molecular formula is C5H12O5P2+2.